The Morgan fingerprint density at radius 1 is 0.923 bits per heavy atom. The highest BCUT2D eigenvalue weighted by atomic mass is 16.5. The molecular weight excluding hydrogens is 492 g/mol. The number of carbonyl (C=O) groups is 3. The summed E-state index contributed by atoms with van der Waals surface area (Å²) in [6, 6.07) is 23.9. The number of nitrogens with zero attached hydrogens (tertiary/aromatic N) is 1. The van der Waals surface area contributed by atoms with Crippen LogP contribution in [0, 0.1) is 0 Å². The van der Waals surface area contributed by atoms with Crippen LogP contribution in [0.25, 0.3) is 0 Å². The van der Waals surface area contributed by atoms with E-state index < -0.39 is 5.41 Å². The monoisotopic (exact) mass is 526 g/mol. The fourth-order valence-corrected chi connectivity index (χ4v) is 6.10. The third-order valence-corrected chi connectivity index (χ3v) is 8.08. The summed E-state index contributed by atoms with van der Waals surface area (Å²) in [4.78, 5) is 41.9. The van der Waals surface area contributed by atoms with E-state index in [1.165, 1.54) is 6.07 Å². The van der Waals surface area contributed by atoms with Crippen molar-refractivity contribution >= 4 is 17.8 Å². The molecule has 2 amide bonds. The van der Waals surface area contributed by atoms with Crippen LogP contribution in [0.4, 0.5) is 0 Å². The van der Waals surface area contributed by atoms with Gasteiger partial charge in [0.2, 0.25) is 5.91 Å². The molecule has 0 aromatic heterocycles. The number of likely N-dealkylation sites (tertiary alicyclic amines) is 1. The summed E-state index contributed by atoms with van der Waals surface area (Å²) in [5.41, 5.74) is 1.89. The number of esters is 1. The van der Waals surface area contributed by atoms with Crippen molar-refractivity contribution in [2.45, 2.75) is 50.0 Å². The lowest BCUT2D eigenvalue weighted by molar-refractivity contribution is -0.149. The second-order valence-electron chi connectivity index (χ2n) is 10.3. The fourth-order valence-electron chi connectivity index (χ4n) is 6.10. The summed E-state index contributed by atoms with van der Waals surface area (Å²) in [7, 11) is 0. The Bertz CT molecular complexity index is 1350. The second kappa shape index (κ2) is 11.3. The molecule has 2 aliphatic rings. The van der Waals surface area contributed by atoms with Gasteiger partial charge in [-0.25, -0.2) is 0 Å². The SMILES string of the molecule is CCOC(=O)[C@]1(c2ccccc2)CC[C@@H](C(=O)N2CCC(NC(=O)c3ccccc3O)CC2)c2ccccc21. The lowest BCUT2D eigenvalue weighted by Crippen LogP contribution is -2.49. The highest BCUT2D eigenvalue weighted by Gasteiger charge is 2.50. The third kappa shape index (κ3) is 5.01. The lowest BCUT2D eigenvalue weighted by atomic mass is 9.63. The topological polar surface area (TPSA) is 95.9 Å². The largest absolute Gasteiger partial charge is 0.507 e. The van der Waals surface area contributed by atoms with Gasteiger partial charge in [-0.3, -0.25) is 14.4 Å². The number of rotatable bonds is 6. The van der Waals surface area contributed by atoms with Gasteiger partial charge in [0.1, 0.15) is 11.2 Å². The molecule has 2 atom stereocenters. The van der Waals surface area contributed by atoms with Crippen LogP contribution in [0.2, 0.25) is 0 Å². The molecule has 0 saturated carbocycles. The number of aromatic hydroxyl groups is 1. The van der Waals surface area contributed by atoms with Gasteiger partial charge < -0.3 is 20.1 Å². The molecule has 1 aliphatic carbocycles. The minimum absolute atomic E-state index is 0.0482. The van der Waals surface area contributed by atoms with Gasteiger partial charge in [-0.15, -0.1) is 0 Å². The zero-order valence-corrected chi connectivity index (χ0v) is 22.1. The van der Waals surface area contributed by atoms with E-state index in [1.807, 2.05) is 66.4 Å². The van der Waals surface area contributed by atoms with E-state index in [2.05, 4.69) is 5.32 Å². The summed E-state index contributed by atoms with van der Waals surface area (Å²) in [6.07, 6.45) is 2.29. The maximum absolute atomic E-state index is 13.8. The van der Waals surface area contributed by atoms with Crippen LogP contribution < -0.4 is 5.32 Å². The Morgan fingerprint density at radius 3 is 2.31 bits per heavy atom. The number of piperidine rings is 1. The molecule has 0 bridgehead atoms. The Kier molecular flexibility index (Phi) is 7.68. The number of benzene rings is 3. The van der Waals surface area contributed by atoms with Gasteiger partial charge >= 0.3 is 5.97 Å². The molecule has 3 aromatic carbocycles. The first-order valence-electron chi connectivity index (χ1n) is 13.7. The van der Waals surface area contributed by atoms with Gasteiger partial charge in [0, 0.05) is 19.1 Å². The predicted octanol–water partition coefficient (Wildman–Crippen LogP) is 4.54. The van der Waals surface area contributed by atoms with E-state index in [-0.39, 0.29) is 47.7 Å². The molecule has 1 aliphatic heterocycles. The second-order valence-corrected chi connectivity index (χ2v) is 10.3. The lowest BCUT2D eigenvalue weighted by Gasteiger charge is -2.42. The number of carbonyl (C=O) groups excluding carboxylic acids is 3. The summed E-state index contributed by atoms with van der Waals surface area (Å²) >= 11 is 0. The molecule has 39 heavy (non-hydrogen) atoms. The van der Waals surface area contributed by atoms with Gasteiger partial charge in [-0.2, -0.15) is 0 Å². The van der Waals surface area contributed by atoms with Crippen molar-refractivity contribution in [1.82, 2.24) is 10.2 Å². The molecule has 1 heterocycles. The molecule has 3 aromatic rings. The van der Waals surface area contributed by atoms with E-state index in [1.54, 1.807) is 18.2 Å². The summed E-state index contributed by atoms with van der Waals surface area (Å²) in [5, 5.41) is 13.0. The molecular formula is C32H34N2O5. The number of fused-ring (bicyclic) bond motifs is 1. The van der Waals surface area contributed by atoms with E-state index in [0.717, 1.165) is 16.7 Å². The van der Waals surface area contributed by atoms with E-state index >= 15 is 0 Å². The number of hydrogen-bond acceptors (Lipinski definition) is 5. The van der Waals surface area contributed by atoms with Crippen LogP contribution in [-0.2, 0) is 19.7 Å². The van der Waals surface area contributed by atoms with Gasteiger partial charge in [-0.05, 0) is 61.4 Å². The van der Waals surface area contributed by atoms with Gasteiger partial charge in [0.15, 0.2) is 0 Å². The number of hydrogen-bond donors (Lipinski definition) is 2. The Balaban J connectivity index is 1.33. The van der Waals surface area contributed by atoms with Crippen molar-refractivity contribution in [2.75, 3.05) is 19.7 Å². The number of phenolic OH excluding ortho intramolecular Hbond substituents is 1. The summed E-state index contributed by atoms with van der Waals surface area (Å²) in [6.45, 7) is 3.16. The first kappa shape index (κ1) is 26.5. The Labute approximate surface area is 228 Å². The number of para-hydroxylation sites is 1. The molecule has 0 unspecified atom stereocenters. The van der Waals surface area contributed by atoms with Crippen molar-refractivity contribution in [2.24, 2.45) is 0 Å². The Morgan fingerprint density at radius 2 is 1.59 bits per heavy atom. The first-order valence-corrected chi connectivity index (χ1v) is 13.7. The van der Waals surface area contributed by atoms with Crippen molar-refractivity contribution in [1.29, 1.82) is 0 Å². The third-order valence-electron chi connectivity index (χ3n) is 8.08. The van der Waals surface area contributed by atoms with E-state index in [4.69, 9.17) is 4.74 Å². The van der Waals surface area contributed by atoms with Gasteiger partial charge in [0.05, 0.1) is 18.1 Å². The smallest absolute Gasteiger partial charge is 0.321 e. The van der Waals surface area contributed by atoms with Crippen LogP contribution in [0.3, 0.4) is 0 Å². The van der Waals surface area contributed by atoms with Crippen molar-refractivity contribution in [3.8, 4) is 5.75 Å². The molecule has 0 radical (unpaired) electrons. The molecule has 7 heteroatoms. The maximum atomic E-state index is 13.8. The standard InChI is InChI=1S/C32H34N2O5/c1-2-39-31(38)32(22-10-4-3-5-11-22)19-16-25(24-12-6-8-14-27(24)32)30(37)34-20-17-23(18-21-34)33-29(36)26-13-7-9-15-28(26)35/h3-15,23,25,35H,2,16-21H2,1H3,(H,33,36)/t25-,32+/m1/s1. The average Bonchev–Trinajstić information content (AvgIpc) is 2.97. The maximum Gasteiger partial charge on any atom is 0.321 e. The average molecular weight is 527 g/mol. The van der Waals surface area contributed by atoms with Crippen molar-refractivity contribution in [3.05, 3.63) is 101 Å². The quantitative estimate of drug-likeness (QED) is 0.460. The highest BCUT2D eigenvalue weighted by Crippen LogP contribution is 2.48. The van der Waals surface area contributed by atoms with Gasteiger partial charge in [0.25, 0.3) is 5.91 Å². The predicted molar refractivity (Wildman–Crippen MR) is 147 cm³/mol. The van der Waals surface area contributed by atoms with Crippen molar-refractivity contribution in [3.63, 3.8) is 0 Å². The molecule has 202 valence electrons. The summed E-state index contributed by atoms with van der Waals surface area (Å²) < 4.78 is 5.61. The van der Waals surface area contributed by atoms with Crippen LogP contribution >= 0.6 is 0 Å². The number of nitrogens with one attached hydrogen (secondary N) is 1. The fraction of sp³-hybridized carbons (Fsp3) is 0.344. The zero-order valence-electron chi connectivity index (χ0n) is 22.1. The first-order chi connectivity index (χ1) is 19.0. The van der Waals surface area contributed by atoms with Crippen molar-refractivity contribution < 1.29 is 24.2 Å². The Hall–Kier alpha value is -4.13. The van der Waals surface area contributed by atoms with Crippen LogP contribution in [0.15, 0.2) is 78.9 Å². The summed E-state index contributed by atoms with van der Waals surface area (Å²) in [5.74, 6) is -0.933. The molecule has 2 N–H and O–H groups in total. The van der Waals surface area contributed by atoms with Gasteiger partial charge in [-0.1, -0.05) is 66.7 Å². The van der Waals surface area contributed by atoms with Crippen LogP contribution in [0.1, 0.15) is 65.6 Å². The van der Waals surface area contributed by atoms with Crippen LogP contribution in [-0.4, -0.2) is 53.5 Å². The number of amides is 2. The van der Waals surface area contributed by atoms with E-state index in [0.29, 0.717) is 38.8 Å². The molecule has 1 fully saturated rings. The molecule has 0 spiro atoms. The minimum Gasteiger partial charge on any atom is -0.507 e. The number of phenols is 1. The normalized spacial score (nSPS) is 21.1. The molecule has 7 nitrogen and oxygen atoms in total. The zero-order chi connectivity index (χ0) is 27.4. The highest BCUT2D eigenvalue weighted by molar-refractivity contribution is 5.97. The number of ether oxygens (including phenoxy) is 1. The van der Waals surface area contributed by atoms with Crippen LogP contribution in [0.5, 0.6) is 5.75 Å². The minimum atomic E-state index is -0.953. The molecule has 1 saturated heterocycles. The molecule has 5 rings (SSSR count). The van der Waals surface area contributed by atoms with E-state index in [9.17, 15) is 19.5 Å².